The number of benzene rings is 2. The molecule has 0 aromatic heterocycles. The minimum atomic E-state index is -0.253. The van der Waals surface area contributed by atoms with E-state index in [2.05, 4.69) is 11.8 Å². The predicted octanol–water partition coefficient (Wildman–Crippen LogP) is 3.06. The van der Waals surface area contributed by atoms with Gasteiger partial charge >= 0.3 is 0 Å². The summed E-state index contributed by atoms with van der Waals surface area (Å²) in [6, 6.07) is 11.8. The van der Waals surface area contributed by atoms with Crippen LogP contribution in [0.2, 0.25) is 0 Å². The van der Waals surface area contributed by atoms with Crippen LogP contribution in [0.3, 0.4) is 0 Å². The summed E-state index contributed by atoms with van der Waals surface area (Å²) >= 11 is 0. The van der Waals surface area contributed by atoms with E-state index in [1.54, 1.807) is 12.1 Å². The lowest BCUT2D eigenvalue weighted by molar-refractivity contribution is 0.306. The van der Waals surface area contributed by atoms with Crippen LogP contribution >= 0.6 is 0 Å². The molecule has 102 valence electrons. The van der Waals surface area contributed by atoms with Crippen LogP contribution in [-0.4, -0.2) is 11.7 Å². The quantitative estimate of drug-likeness (QED) is 0.869. The molecular formula is C17H15FO2. The second-order valence-electron chi connectivity index (χ2n) is 4.35. The summed E-state index contributed by atoms with van der Waals surface area (Å²) in [5, 5.41) is 8.68. The number of aliphatic hydroxyl groups excluding tert-OH is 1. The van der Waals surface area contributed by atoms with Gasteiger partial charge in [0.05, 0.1) is 0 Å². The van der Waals surface area contributed by atoms with Crippen LogP contribution in [0.1, 0.15) is 16.7 Å². The SMILES string of the molecule is Cc1cc(OCc2ccc(F)cc2)ccc1C#CCO. The van der Waals surface area contributed by atoms with Gasteiger partial charge in [0.1, 0.15) is 24.8 Å². The highest BCUT2D eigenvalue weighted by Crippen LogP contribution is 2.18. The largest absolute Gasteiger partial charge is 0.489 e. The number of aliphatic hydroxyl groups is 1. The Bertz CT molecular complexity index is 636. The van der Waals surface area contributed by atoms with Crippen LogP contribution in [0.25, 0.3) is 0 Å². The van der Waals surface area contributed by atoms with Gasteiger partial charge in [-0.1, -0.05) is 24.0 Å². The molecule has 1 N–H and O–H groups in total. The Labute approximate surface area is 117 Å². The maximum atomic E-state index is 12.8. The molecule has 0 fully saturated rings. The highest BCUT2D eigenvalue weighted by atomic mass is 19.1. The van der Waals surface area contributed by atoms with Crippen molar-refractivity contribution in [3.8, 4) is 17.6 Å². The fraction of sp³-hybridized carbons (Fsp3) is 0.176. The molecule has 0 aliphatic heterocycles. The molecule has 0 radical (unpaired) electrons. The van der Waals surface area contributed by atoms with E-state index in [-0.39, 0.29) is 12.4 Å². The summed E-state index contributed by atoms with van der Waals surface area (Å²) in [6.45, 7) is 2.18. The molecule has 0 aliphatic carbocycles. The van der Waals surface area contributed by atoms with Crippen molar-refractivity contribution in [3.05, 3.63) is 65.0 Å². The van der Waals surface area contributed by atoms with Gasteiger partial charge in [0.25, 0.3) is 0 Å². The average Bonchev–Trinajstić information content (AvgIpc) is 2.46. The first-order chi connectivity index (χ1) is 9.69. The Morgan fingerprint density at radius 1 is 1.15 bits per heavy atom. The normalized spacial score (nSPS) is 9.75. The molecule has 2 rings (SSSR count). The Kier molecular flexibility index (Phi) is 4.75. The predicted molar refractivity (Wildman–Crippen MR) is 75.9 cm³/mol. The monoisotopic (exact) mass is 270 g/mol. The molecule has 0 unspecified atom stereocenters. The molecule has 20 heavy (non-hydrogen) atoms. The summed E-state index contributed by atoms with van der Waals surface area (Å²) < 4.78 is 18.4. The zero-order valence-corrected chi connectivity index (χ0v) is 11.2. The van der Waals surface area contributed by atoms with E-state index in [4.69, 9.17) is 9.84 Å². The number of aryl methyl sites for hydroxylation is 1. The van der Waals surface area contributed by atoms with Gasteiger partial charge in [-0.05, 0) is 48.4 Å². The van der Waals surface area contributed by atoms with E-state index in [0.29, 0.717) is 6.61 Å². The Balaban J connectivity index is 2.03. The van der Waals surface area contributed by atoms with E-state index in [9.17, 15) is 4.39 Å². The van der Waals surface area contributed by atoms with Crippen molar-refractivity contribution in [3.63, 3.8) is 0 Å². The molecule has 0 saturated heterocycles. The van der Waals surface area contributed by atoms with Gasteiger partial charge in [-0.15, -0.1) is 0 Å². The van der Waals surface area contributed by atoms with Gasteiger partial charge in [0, 0.05) is 5.56 Å². The van der Waals surface area contributed by atoms with Gasteiger partial charge in [0.2, 0.25) is 0 Å². The molecule has 3 heteroatoms. The number of hydrogen-bond acceptors (Lipinski definition) is 2. The number of rotatable bonds is 3. The Morgan fingerprint density at radius 3 is 2.55 bits per heavy atom. The van der Waals surface area contributed by atoms with Crippen LogP contribution in [0.4, 0.5) is 4.39 Å². The minimum absolute atomic E-state index is 0.151. The molecular weight excluding hydrogens is 255 g/mol. The molecule has 0 spiro atoms. The van der Waals surface area contributed by atoms with E-state index in [1.807, 2.05) is 25.1 Å². The Hall–Kier alpha value is -2.31. The molecule has 0 saturated carbocycles. The summed E-state index contributed by atoms with van der Waals surface area (Å²) in [7, 11) is 0. The molecule has 0 bridgehead atoms. The first kappa shape index (κ1) is 14.1. The zero-order chi connectivity index (χ0) is 14.4. The van der Waals surface area contributed by atoms with Gasteiger partial charge in [-0.3, -0.25) is 0 Å². The second kappa shape index (κ2) is 6.74. The standard InChI is InChI=1S/C17H15FO2/c1-13-11-17(9-6-15(13)3-2-10-19)20-12-14-4-7-16(18)8-5-14/h4-9,11,19H,10,12H2,1H3. The number of halogens is 1. The molecule has 2 aromatic rings. The highest BCUT2D eigenvalue weighted by molar-refractivity contribution is 5.44. The van der Waals surface area contributed by atoms with Gasteiger partial charge in [-0.25, -0.2) is 4.39 Å². The average molecular weight is 270 g/mol. The maximum Gasteiger partial charge on any atom is 0.123 e. The van der Waals surface area contributed by atoms with Crippen LogP contribution in [0.5, 0.6) is 5.75 Å². The fourth-order valence-electron chi connectivity index (χ4n) is 1.75. The van der Waals surface area contributed by atoms with Crippen molar-refractivity contribution in [2.75, 3.05) is 6.61 Å². The van der Waals surface area contributed by atoms with Crippen LogP contribution in [-0.2, 0) is 6.61 Å². The topological polar surface area (TPSA) is 29.5 Å². The van der Waals surface area contributed by atoms with Crippen molar-refractivity contribution < 1.29 is 14.2 Å². The summed E-state index contributed by atoms with van der Waals surface area (Å²) in [4.78, 5) is 0. The van der Waals surface area contributed by atoms with Crippen molar-refractivity contribution >= 4 is 0 Å². The van der Waals surface area contributed by atoms with Crippen LogP contribution in [0, 0.1) is 24.6 Å². The number of ether oxygens (including phenoxy) is 1. The van der Waals surface area contributed by atoms with Crippen molar-refractivity contribution in [1.29, 1.82) is 0 Å². The Morgan fingerprint density at radius 2 is 1.90 bits per heavy atom. The molecule has 0 atom stereocenters. The smallest absolute Gasteiger partial charge is 0.123 e. The van der Waals surface area contributed by atoms with Gasteiger partial charge < -0.3 is 9.84 Å². The third-order valence-corrected chi connectivity index (χ3v) is 2.82. The molecule has 2 nitrogen and oxygen atoms in total. The summed E-state index contributed by atoms with van der Waals surface area (Å²) in [5.41, 5.74) is 2.77. The van der Waals surface area contributed by atoms with Gasteiger partial charge in [0.15, 0.2) is 0 Å². The number of hydrogen-bond donors (Lipinski definition) is 1. The van der Waals surface area contributed by atoms with Gasteiger partial charge in [-0.2, -0.15) is 0 Å². The molecule has 0 amide bonds. The van der Waals surface area contributed by atoms with E-state index in [1.165, 1.54) is 12.1 Å². The molecule has 2 aromatic carbocycles. The lowest BCUT2D eigenvalue weighted by atomic mass is 10.1. The van der Waals surface area contributed by atoms with Crippen molar-refractivity contribution in [2.24, 2.45) is 0 Å². The van der Waals surface area contributed by atoms with Crippen molar-refractivity contribution in [2.45, 2.75) is 13.5 Å². The lowest BCUT2D eigenvalue weighted by Crippen LogP contribution is -1.96. The van der Waals surface area contributed by atoms with Crippen molar-refractivity contribution in [1.82, 2.24) is 0 Å². The lowest BCUT2D eigenvalue weighted by Gasteiger charge is -2.08. The summed E-state index contributed by atoms with van der Waals surface area (Å²) in [5.74, 6) is 5.97. The maximum absolute atomic E-state index is 12.8. The van der Waals surface area contributed by atoms with E-state index in [0.717, 1.165) is 22.4 Å². The van der Waals surface area contributed by atoms with E-state index >= 15 is 0 Å². The summed E-state index contributed by atoms with van der Waals surface area (Å²) in [6.07, 6.45) is 0. The first-order valence-corrected chi connectivity index (χ1v) is 6.26. The zero-order valence-electron chi connectivity index (χ0n) is 11.2. The van der Waals surface area contributed by atoms with Crippen LogP contribution < -0.4 is 4.74 Å². The van der Waals surface area contributed by atoms with Crippen LogP contribution in [0.15, 0.2) is 42.5 Å². The second-order valence-corrected chi connectivity index (χ2v) is 4.35. The minimum Gasteiger partial charge on any atom is -0.489 e. The third kappa shape index (κ3) is 3.84. The first-order valence-electron chi connectivity index (χ1n) is 6.26. The molecule has 0 aliphatic rings. The molecule has 0 heterocycles. The fourth-order valence-corrected chi connectivity index (χ4v) is 1.75. The van der Waals surface area contributed by atoms with E-state index < -0.39 is 0 Å². The third-order valence-electron chi connectivity index (χ3n) is 2.82. The highest BCUT2D eigenvalue weighted by Gasteiger charge is 2.00.